The van der Waals surface area contributed by atoms with Gasteiger partial charge >= 0.3 is 5.97 Å². The maximum Gasteiger partial charge on any atom is 0.337 e. The van der Waals surface area contributed by atoms with E-state index in [0.717, 1.165) is 11.4 Å². The number of nitrogens with one attached hydrogen (secondary N) is 2. The van der Waals surface area contributed by atoms with Crippen molar-refractivity contribution in [1.29, 1.82) is 0 Å². The number of esters is 1. The maximum atomic E-state index is 11.9. The van der Waals surface area contributed by atoms with Gasteiger partial charge < -0.3 is 15.4 Å². The van der Waals surface area contributed by atoms with E-state index < -0.39 is 5.97 Å². The zero-order valence-corrected chi connectivity index (χ0v) is 14.0. The summed E-state index contributed by atoms with van der Waals surface area (Å²) in [6, 6.07) is 10.4. The summed E-state index contributed by atoms with van der Waals surface area (Å²) < 4.78 is 4.70. The van der Waals surface area contributed by atoms with E-state index in [4.69, 9.17) is 4.74 Å². The molecule has 2 N–H and O–H groups in total. The van der Waals surface area contributed by atoms with Crippen LogP contribution in [-0.4, -0.2) is 30.5 Å². The third kappa shape index (κ3) is 4.81. The topological polar surface area (TPSA) is 80.3 Å². The number of anilines is 2. The molecule has 6 nitrogen and oxygen atoms in total. The minimum atomic E-state index is -0.394. The molecule has 1 amide bonds. The number of aromatic nitrogens is 1. The normalized spacial score (nSPS) is 10.3. The number of nitrogens with zero attached hydrogens (tertiary/aromatic N) is 1. The van der Waals surface area contributed by atoms with E-state index in [0.29, 0.717) is 23.7 Å². The zero-order chi connectivity index (χ0) is 17.5. The highest BCUT2D eigenvalue weighted by Crippen LogP contribution is 2.17. The summed E-state index contributed by atoms with van der Waals surface area (Å²) in [5, 5.41) is 5.96. The Hall–Kier alpha value is -2.89. The Morgan fingerprint density at radius 1 is 1.17 bits per heavy atom. The van der Waals surface area contributed by atoms with Crippen molar-refractivity contribution in [2.45, 2.75) is 13.8 Å². The van der Waals surface area contributed by atoms with Crippen LogP contribution < -0.4 is 10.6 Å². The van der Waals surface area contributed by atoms with Crippen molar-refractivity contribution in [1.82, 2.24) is 10.3 Å². The summed E-state index contributed by atoms with van der Waals surface area (Å²) in [7, 11) is 1.34. The second kappa shape index (κ2) is 8.10. The van der Waals surface area contributed by atoms with Gasteiger partial charge in [0.25, 0.3) is 5.91 Å². The molecule has 24 heavy (non-hydrogen) atoms. The van der Waals surface area contributed by atoms with Crippen molar-refractivity contribution in [3.05, 3.63) is 53.9 Å². The van der Waals surface area contributed by atoms with Gasteiger partial charge in [-0.25, -0.2) is 9.78 Å². The third-order valence-corrected chi connectivity index (χ3v) is 3.24. The lowest BCUT2D eigenvalue weighted by Crippen LogP contribution is -2.27. The molecule has 126 valence electrons. The van der Waals surface area contributed by atoms with Crippen molar-refractivity contribution >= 4 is 23.3 Å². The molecule has 0 saturated heterocycles. The Morgan fingerprint density at radius 2 is 1.96 bits per heavy atom. The Balaban J connectivity index is 2.04. The fourth-order valence-corrected chi connectivity index (χ4v) is 2.00. The lowest BCUT2D eigenvalue weighted by molar-refractivity contribution is 0.0600. The molecular formula is C18H21N3O3. The van der Waals surface area contributed by atoms with Crippen LogP contribution in [0.1, 0.15) is 34.7 Å². The molecule has 1 aromatic heterocycles. The fourth-order valence-electron chi connectivity index (χ4n) is 2.00. The highest BCUT2D eigenvalue weighted by atomic mass is 16.5. The van der Waals surface area contributed by atoms with Crippen molar-refractivity contribution < 1.29 is 14.3 Å². The van der Waals surface area contributed by atoms with Gasteiger partial charge in [-0.05, 0) is 36.2 Å². The monoisotopic (exact) mass is 327 g/mol. The molecule has 0 unspecified atom stereocenters. The fraction of sp³-hybridized carbons (Fsp3) is 0.278. The highest BCUT2D eigenvalue weighted by molar-refractivity contribution is 5.92. The first-order valence-corrected chi connectivity index (χ1v) is 7.69. The van der Waals surface area contributed by atoms with E-state index in [1.165, 1.54) is 7.11 Å². The summed E-state index contributed by atoms with van der Waals surface area (Å²) in [6.07, 6.45) is 1.58. The first kappa shape index (κ1) is 17.5. The summed E-state index contributed by atoms with van der Waals surface area (Å²) >= 11 is 0. The number of rotatable bonds is 6. The van der Waals surface area contributed by atoms with Crippen LogP contribution in [0.3, 0.4) is 0 Å². The SMILES string of the molecule is COC(=O)c1cccc(Nc2ccc(C(=O)NCC(C)C)nc2)c1. The molecule has 6 heteroatoms. The predicted molar refractivity (Wildman–Crippen MR) is 92.5 cm³/mol. The molecule has 0 radical (unpaired) electrons. The molecule has 2 aromatic rings. The standard InChI is InChI=1S/C18H21N3O3/c1-12(2)10-20-17(22)16-8-7-15(11-19-16)21-14-6-4-5-13(9-14)18(23)24-3/h4-9,11-12,21H,10H2,1-3H3,(H,20,22). The van der Waals surface area contributed by atoms with Crippen molar-refractivity contribution in [2.24, 2.45) is 5.92 Å². The minimum absolute atomic E-state index is 0.192. The zero-order valence-electron chi connectivity index (χ0n) is 14.0. The lowest BCUT2D eigenvalue weighted by atomic mass is 10.2. The Bertz CT molecular complexity index is 712. The van der Waals surface area contributed by atoms with Crippen LogP contribution in [0.15, 0.2) is 42.6 Å². The van der Waals surface area contributed by atoms with Crippen LogP contribution >= 0.6 is 0 Å². The van der Waals surface area contributed by atoms with Crippen LogP contribution in [0.25, 0.3) is 0 Å². The summed E-state index contributed by atoms with van der Waals surface area (Å²) in [5.74, 6) is -0.200. The summed E-state index contributed by atoms with van der Waals surface area (Å²) in [6.45, 7) is 4.67. The number of hydrogen-bond acceptors (Lipinski definition) is 5. The van der Waals surface area contributed by atoms with E-state index in [1.54, 1.807) is 36.5 Å². The van der Waals surface area contributed by atoms with Crippen LogP contribution in [-0.2, 0) is 4.74 Å². The second-order valence-electron chi connectivity index (χ2n) is 5.73. The van der Waals surface area contributed by atoms with E-state index in [-0.39, 0.29) is 5.91 Å². The van der Waals surface area contributed by atoms with E-state index in [1.807, 2.05) is 19.9 Å². The minimum Gasteiger partial charge on any atom is -0.465 e. The van der Waals surface area contributed by atoms with Crippen molar-refractivity contribution in [3.8, 4) is 0 Å². The van der Waals surface area contributed by atoms with Crippen LogP contribution in [0, 0.1) is 5.92 Å². The molecule has 0 spiro atoms. The predicted octanol–water partition coefficient (Wildman–Crippen LogP) is 3.00. The number of carbonyl (C=O) groups excluding carboxylic acids is 2. The Morgan fingerprint density at radius 3 is 2.58 bits per heavy atom. The molecule has 0 aliphatic carbocycles. The second-order valence-corrected chi connectivity index (χ2v) is 5.73. The average Bonchev–Trinajstić information content (AvgIpc) is 2.59. The van der Waals surface area contributed by atoms with Crippen molar-refractivity contribution in [2.75, 3.05) is 19.0 Å². The molecule has 0 aliphatic heterocycles. The Kier molecular flexibility index (Phi) is 5.89. The molecule has 1 aromatic carbocycles. The molecule has 0 saturated carbocycles. The molecule has 0 aliphatic rings. The molecule has 0 atom stereocenters. The summed E-state index contributed by atoms with van der Waals surface area (Å²) in [4.78, 5) is 27.6. The van der Waals surface area contributed by atoms with Gasteiger partial charge in [-0.3, -0.25) is 4.79 Å². The van der Waals surface area contributed by atoms with Gasteiger partial charge in [-0.2, -0.15) is 0 Å². The number of ether oxygens (including phenoxy) is 1. The van der Waals surface area contributed by atoms with E-state index in [2.05, 4.69) is 15.6 Å². The van der Waals surface area contributed by atoms with E-state index in [9.17, 15) is 9.59 Å². The van der Waals surface area contributed by atoms with E-state index >= 15 is 0 Å². The van der Waals surface area contributed by atoms with Crippen LogP contribution in [0.4, 0.5) is 11.4 Å². The molecule has 0 bridgehead atoms. The van der Waals surface area contributed by atoms with Gasteiger partial charge in [0, 0.05) is 12.2 Å². The number of amides is 1. The molecule has 0 fully saturated rings. The summed E-state index contributed by atoms with van der Waals surface area (Å²) in [5.41, 5.74) is 2.28. The number of hydrogen-bond donors (Lipinski definition) is 2. The first-order chi connectivity index (χ1) is 11.5. The van der Waals surface area contributed by atoms with Gasteiger partial charge in [0.1, 0.15) is 5.69 Å². The molecule has 2 rings (SSSR count). The van der Waals surface area contributed by atoms with Crippen LogP contribution in [0.5, 0.6) is 0 Å². The first-order valence-electron chi connectivity index (χ1n) is 7.69. The van der Waals surface area contributed by atoms with Crippen LogP contribution in [0.2, 0.25) is 0 Å². The van der Waals surface area contributed by atoms with Gasteiger partial charge in [-0.1, -0.05) is 19.9 Å². The Labute approximate surface area is 141 Å². The smallest absolute Gasteiger partial charge is 0.337 e. The van der Waals surface area contributed by atoms with Gasteiger partial charge in [0.2, 0.25) is 0 Å². The number of methoxy groups -OCH3 is 1. The molecular weight excluding hydrogens is 306 g/mol. The van der Waals surface area contributed by atoms with Gasteiger partial charge in [-0.15, -0.1) is 0 Å². The quantitative estimate of drug-likeness (QED) is 0.797. The van der Waals surface area contributed by atoms with Crippen molar-refractivity contribution in [3.63, 3.8) is 0 Å². The molecule has 1 heterocycles. The van der Waals surface area contributed by atoms with Gasteiger partial charge in [0.15, 0.2) is 0 Å². The number of carbonyl (C=O) groups is 2. The maximum absolute atomic E-state index is 11.9. The number of benzene rings is 1. The average molecular weight is 327 g/mol. The third-order valence-electron chi connectivity index (χ3n) is 3.24. The van der Waals surface area contributed by atoms with Gasteiger partial charge in [0.05, 0.1) is 24.6 Å². The number of pyridine rings is 1. The lowest BCUT2D eigenvalue weighted by Gasteiger charge is -2.09. The highest BCUT2D eigenvalue weighted by Gasteiger charge is 2.08. The largest absolute Gasteiger partial charge is 0.465 e.